The summed E-state index contributed by atoms with van der Waals surface area (Å²) in [5.74, 6) is 0. The molecule has 1 aromatic rings. The molecule has 0 radical (unpaired) electrons. The van der Waals surface area contributed by atoms with Crippen LogP contribution in [0, 0.1) is 0 Å². The number of rotatable bonds is 2. The van der Waals surface area contributed by atoms with E-state index in [2.05, 4.69) is 0 Å². The Bertz CT molecular complexity index is 504. The van der Waals surface area contributed by atoms with E-state index in [-0.39, 0.29) is 10.9 Å². The van der Waals surface area contributed by atoms with Crippen molar-refractivity contribution in [3.8, 4) is 0 Å². The van der Waals surface area contributed by atoms with Crippen LogP contribution in [0.5, 0.6) is 0 Å². The number of hydrogen-bond donors (Lipinski definition) is 1. The van der Waals surface area contributed by atoms with Gasteiger partial charge in [0.2, 0.25) is 10.0 Å². The topological polar surface area (TPSA) is 63.4 Å². The summed E-state index contributed by atoms with van der Waals surface area (Å²) >= 11 is 5.81. The molecule has 0 saturated carbocycles. The van der Waals surface area contributed by atoms with E-state index in [0.29, 0.717) is 18.1 Å². The molecule has 94 valence electrons. The van der Waals surface area contributed by atoms with Gasteiger partial charge in [-0.15, -0.1) is 0 Å². The van der Waals surface area contributed by atoms with Crippen LogP contribution in [0.1, 0.15) is 12.8 Å². The van der Waals surface area contributed by atoms with Crippen LogP contribution >= 0.6 is 11.6 Å². The van der Waals surface area contributed by atoms with Crippen molar-refractivity contribution in [1.82, 2.24) is 4.31 Å². The van der Waals surface area contributed by atoms with Gasteiger partial charge < -0.3 is 5.73 Å². The van der Waals surface area contributed by atoms with E-state index in [1.165, 1.54) is 10.4 Å². The average molecular weight is 275 g/mol. The van der Waals surface area contributed by atoms with Crippen LogP contribution in [0.3, 0.4) is 0 Å². The quantitative estimate of drug-likeness (QED) is 0.888. The summed E-state index contributed by atoms with van der Waals surface area (Å²) in [6, 6.07) is 6.25. The molecule has 0 unspecified atom stereocenters. The molecule has 1 atom stereocenters. The summed E-state index contributed by atoms with van der Waals surface area (Å²) < 4.78 is 26.0. The first-order valence-corrected chi connectivity index (χ1v) is 7.33. The third-order valence-electron chi connectivity index (χ3n) is 2.85. The summed E-state index contributed by atoms with van der Waals surface area (Å²) in [4.78, 5) is 0.235. The van der Waals surface area contributed by atoms with E-state index in [9.17, 15) is 8.42 Å². The highest BCUT2D eigenvalue weighted by Crippen LogP contribution is 2.22. The molecule has 4 nitrogen and oxygen atoms in total. The maximum atomic E-state index is 12.3. The number of halogens is 1. The standard InChI is InChI=1S/C11H15ClN2O2S/c12-9-3-1-5-11(7-9)17(15,16)14-6-2-4-10(13)8-14/h1,3,5,7,10H,2,4,6,8,13H2/t10-/m0/s1. The first-order valence-electron chi connectivity index (χ1n) is 5.51. The number of nitrogens with zero attached hydrogens (tertiary/aromatic N) is 1. The van der Waals surface area contributed by atoms with Crippen LogP contribution in [0.2, 0.25) is 5.02 Å². The molecular formula is C11H15ClN2O2S. The fourth-order valence-corrected chi connectivity index (χ4v) is 3.81. The molecule has 17 heavy (non-hydrogen) atoms. The Balaban J connectivity index is 2.29. The maximum absolute atomic E-state index is 12.3. The predicted molar refractivity (Wildman–Crippen MR) is 67.4 cm³/mol. The van der Waals surface area contributed by atoms with E-state index in [1.807, 2.05) is 0 Å². The lowest BCUT2D eigenvalue weighted by molar-refractivity contribution is 0.316. The molecule has 0 bridgehead atoms. The van der Waals surface area contributed by atoms with Crippen LogP contribution in [0.15, 0.2) is 29.2 Å². The van der Waals surface area contributed by atoms with Crippen molar-refractivity contribution < 1.29 is 8.42 Å². The molecule has 1 aliphatic rings. The van der Waals surface area contributed by atoms with Gasteiger partial charge in [-0.2, -0.15) is 4.31 Å². The Morgan fingerprint density at radius 2 is 2.18 bits per heavy atom. The van der Waals surface area contributed by atoms with Crippen molar-refractivity contribution in [2.75, 3.05) is 13.1 Å². The Morgan fingerprint density at radius 3 is 2.82 bits per heavy atom. The van der Waals surface area contributed by atoms with Gasteiger partial charge in [0.25, 0.3) is 0 Å². The lowest BCUT2D eigenvalue weighted by atomic mass is 10.1. The molecule has 1 saturated heterocycles. The largest absolute Gasteiger partial charge is 0.327 e. The molecule has 1 fully saturated rings. The lowest BCUT2D eigenvalue weighted by Crippen LogP contribution is -2.45. The Kier molecular flexibility index (Phi) is 3.73. The third kappa shape index (κ3) is 2.80. The van der Waals surface area contributed by atoms with Crippen LogP contribution in [0.4, 0.5) is 0 Å². The van der Waals surface area contributed by atoms with Crippen LogP contribution < -0.4 is 5.73 Å². The van der Waals surface area contributed by atoms with E-state index < -0.39 is 10.0 Å². The highest BCUT2D eigenvalue weighted by atomic mass is 35.5. The second-order valence-corrected chi connectivity index (χ2v) is 6.60. The number of piperidine rings is 1. The van der Waals surface area contributed by atoms with Gasteiger partial charge in [0.15, 0.2) is 0 Å². The maximum Gasteiger partial charge on any atom is 0.243 e. The number of sulfonamides is 1. The molecule has 1 aromatic carbocycles. The summed E-state index contributed by atoms with van der Waals surface area (Å²) in [5.41, 5.74) is 5.80. The Hall–Kier alpha value is -0.620. The highest BCUT2D eigenvalue weighted by molar-refractivity contribution is 7.89. The molecule has 0 amide bonds. The highest BCUT2D eigenvalue weighted by Gasteiger charge is 2.28. The van der Waals surface area contributed by atoms with Gasteiger partial charge in [0.1, 0.15) is 0 Å². The summed E-state index contributed by atoms with van der Waals surface area (Å²) in [6.45, 7) is 0.914. The molecule has 2 rings (SSSR count). The average Bonchev–Trinajstić information content (AvgIpc) is 2.29. The van der Waals surface area contributed by atoms with Crippen LogP contribution in [-0.4, -0.2) is 31.9 Å². The minimum absolute atomic E-state index is 0.0716. The van der Waals surface area contributed by atoms with Gasteiger partial charge in [-0.1, -0.05) is 17.7 Å². The smallest absolute Gasteiger partial charge is 0.243 e. The van der Waals surface area contributed by atoms with E-state index in [1.54, 1.807) is 18.2 Å². The first kappa shape index (κ1) is 12.8. The van der Waals surface area contributed by atoms with Crippen molar-refractivity contribution >= 4 is 21.6 Å². The Labute approximate surface area is 106 Å². The van der Waals surface area contributed by atoms with Gasteiger partial charge in [-0.3, -0.25) is 0 Å². The van der Waals surface area contributed by atoms with Crippen molar-refractivity contribution in [3.63, 3.8) is 0 Å². The normalized spacial score (nSPS) is 22.6. The van der Waals surface area contributed by atoms with Gasteiger partial charge >= 0.3 is 0 Å². The fraction of sp³-hybridized carbons (Fsp3) is 0.455. The second kappa shape index (κ2) is 4.94. The SMILES string of the molecule is N[C@H]1CCCN(S(=O)(=O)c2cccc(Cl)c2)C1. The van der Waals surface area contributed by atoms with Crippen molar-refractivity contribution in [2.45, 2.75) is 23.8 Å². The van der Waals surface area contributed by atoms with Crippen molar-refractivity contribution in [2.24, 2.45) is 5.73 Å². The van der Waals surface area contributed by atoms with Crippen molar-refractivity contribution in [3.05, 3.63) is 29.3 Å². The zero-order valence-electron chi connectivity index (χ0n) is 9.34. The van der Waals surface area contributed by atoms with Crippen molar-refractivity contribution in [1.29, 1.82) is 0 Å². The minimum Gasteiger partial charge on any atom is -0.327 e. The summed E-state index contributed by atoms with van der Waals surface area (Å²) in [5, 5.41) is 0.424. The lowest BCUT2D eigenvalue weighted by Gasteiger charge is -2.29. The Morgan fingerprint density at radius 1 is 1.41 bits per heavy atom. The summed E-state index contributed by atoms with van der Waals surface area (Å²) in [6.07, 6.45) is 1.68. The monoisotopic (exact) mass is 274 g/mol. The second-order valence-electron chi connectivity index (χ2n) is 4.22. The first-order chi connectivity index (χ1) is 8.00. The van der Waals surface area contributed by atoms with Gasteiger partial charge in [-0.25, -0.2) is 8.42 Å². The van der Waals surface area contributed by atoms with E-state index >= 15 is 0 Å². The molecule has 0 aliphatic carbocycles. The molecule has 6 heteroatoms. The minimum atomic E-state index is -3.45. The molecule has 1 heterocycles. The summed E-state index contributed by atoms with van der Waals surface area (Å²) in [7, 11) is -3.45. The molecule has 1 aliphatic heterocycles. The van der Waals surface area contributed by atoms with Crippen LogP contribution in [-0.2, 0) is 10.0 Å². The van der Waals surface area contributed by atoms with E-state index in [0.717, 1.165) is 12.8 Å². The zero-order chi connectivity index (χ0) is 12.5. The van der Waals surface area contributed by atoms with E-state index in [4.69, 9.17) is 17.3 Å². The fourth-order valence-electron chi connectivity index (χ4n) is 1.97. The van der Waals surface area contributed by atoms with Gasteiger partial charge in [0, 0.05) is 24.2 Å². The molecular weight excluding hydrogens is 260 g/mol. The number of benzene rings is 1. The van der Waals surface area contributed by atoms with Crippen LogP contribution in [0.25, 0.3) is 0 Å². The predicted octanol–water partition coefficient (Wildman–Crippen LogP) is 1.45. The van der Waals surface area contributed by atoms with Gasteiger partial charge in [-0.05, 0) is 31.0 Å². The number of hydrogen-bond acceptors (Lipinski definition) is 3. The third-order valence-corrected chi connectivity index (χ3v) is 4.95. The van der Waals surface area contributed by atoms with Gasteiger partial charge in [0.05, 0.1) is 4.90 Å². The molecule has 0 spiro atoms. The molecule has 0 aromatic heterocycles. The number of nitrogens with two attached hydrogens (primary N) is 1. The molecule has 2 N–H and O–H groups in total. The zero-order valence-corrected chi connectivity index (χ0v) is 10.9.